The van der Waals surface area contributed by atoms with Gasteiger partial charge in [-0.1, -0.05) is 30.3 Å². The highest BCUT2D eigenvalue weighted by Crippen LogP contribution is 2.28. The normalized spacial score (nSPS) is 16.6. The topological polar surface area (TPSA) is 50.8 Å². The standard InChI is InChI=1S/C18H20N2O3/c1-22-17-9-5-3-7-15(17)19-10-11-20-16-8-4-2-6-14(16)13-23-18(20)12-21/h2-9,12,18-19H,10-11,13H2,1H3. The van der Waals surface area contributed by atoms with Crippen molar-refractivity contribution in [2.45, 2.75) is 12.8 Å². The molecule has 1 aliphatic rings. The summed E-state index contributed by atoms with van der Waals surface area (Å²) in [6.45, 7) is 1.79. The van der Waals surface area contributed by atoms with Gasteiger partial charge in [-0.05, 0) is 18.2 Å². The van der Waals surface area contributed by atoms with E-state index in [0.717, 1.165) is 29.0 Å². The second-order valence-corrected chi connectivity index (χ2v) is 5.29. The van der Waals surface area contributed by atoms with Crippen molar-refractivity contribution in [3.05, 3.63) is 54.1 Å². The molecule has 1 atom stereocenters. The van der Waals surface area contributed by atoms with Crippen molar-refractivity contribution < 1.29 is 14.3 Å². The smallest absolute Gasteiger partial charge is 0.187 e. The molecule has 1 unspecified atom stereocenters. The Hall–Kier alpha value is -2.53. The van der Waals surface area contributed by atoms with E-state index in [0.29, 0.717) is 19.7 Å². The summed E-state index contributed by atoms with van der Waals surface area (Å²) in [5.74, 6) is 0.801. The van der Waals surface area contributed by atoms with Crippen molar-refractivity contribution in [2.24, 2.45) is 0 Å². The summed E-state index contributed by atoms with van der Waals surface area (Å²) in [5.41, 5.74) is 3.09. The molecule has 0 bridgehead atoms. The Morgan fingerprint density at radius 3 is 2.87 bits per heavy atom. The van der Waals surface area contributed by atoms with Crippen LogP contribution < -0.4 is 15.0 Å². The van der Waals surface area contributed by atoms with Gasteiger partial charge in [0.1, 0.15) is 5.75 Å². The number of nitrogens with one attached hydrogen (secondary N) is 1. The number of hydrogen-bond acceptors (Lipinski definition) is 5. The van der Waals surface area contributed by atoms with Gasteiger partial charge < -0.3 is 19.7 Å². The van der Waals surface area contributed by atoms with Crippen LogP contribution in [0.3, 0.4) is 0 Å². The van der Waals surface area contributed by atoms with E-state index in [2.05, 4.69) is 5.32 Å². The molecule has 5 nitrogen and oxygen atoms in total. The van der Waals surface area contributed by atoms with Gasteiger partial charge in [-0.25, -0.2) is 0 Å². The van der Waals surface area contributed by atoms with E-state index in [1.54, 1.807) is 7.11 Å². The molecule has 3 rings (SSSR count). The summed E-state index contributed by atoms with van der Waals surface area (Å²) in [6, 6.07) is 15.8. The molecule has 0 spiro atoms. The number of ether oxygens (including phenoxy) is 2. The van der Waals surface area contributed by atoms with Gasteiger partial charge in [0.15, 0.2) is 12.5 Å². The molecule has 0 amide bonds. The minimum atomic E-state index is -0.538. The van der Waals surface area contributed by atoms with E-state index in [-0.39, 0.29) is 0 Å². The fourth-order valence-corrected chi connectivity index (χ4v) is 2.78. The van der Waals surface area contributed by atoms with Crippen LogP contribution in [0.1, 0.15) is 5.56 Å². The Bertz CT molecular complexity index is 675. The fourth-order valence-electron chi connectivity index (χ4n) is 2.78. The lowest BCUT2D eigenvalue weighted by atomic mass is 10.1. The van der Waals surface area contributed by atoms with Crippen LogP contribution >= 0.6 is 0 Å². The molecule has 0 saturated heterocycles. The van der Waals surface area contributed by atoms with Crippen LogP contribution in [-0.2, 0) is 16.1 Å². The Kier molecular flexibility index (Phi) is 4.78. The Balaban J connectivity index is 1.70. The predicted molar refractivity (Wildman–Crippen MR) is 89.9 cm³/mol. The molecular weight excluding hydrogens is 292 g/mol. The van der Waals surface area contributed by atoms with Crippen LogP contribution in [0.2, 0.25) is 0 Å². The number of para-hydroxylation sites is 3. The first kappa shape index (κ1) is 15.4. The molecule has 120 valence electrons. The number of nitrogens with zero attached hydrogens (tertiary/aromatic N) is 1. The van der Waals surface area contributed by atoms with Crippen molar-refractivity contribution in [1.82, 2.24) is 0 Å². The summed E-state index contributed by atoms with van der Waals surface area (Å²) in [6.07, 6.45) is 0.309. The zero-order valence-corrected chi connectivity index (χ0v) is 13.1. The van der Waals surface area contributed by atoms with Gasteiger partial charge in [0, 0.05) is 24.3 Å². The van der Waals surface area contributed by atoms with Crippen molar-refractivity contribution in [3.8, 4) is 5.75 Å². The van der Waals surface area contributed by atoms with E-state index >= 15 is 0 Å². The average Bonchev–Trinajstić information content (AvgIpc) is 2.62. The summed E-state index contributed by atoms with van der Waals surface area (Å²) in [7, 11) is 1.65. The molecule has 1 N–H and O–H groups in total. The minimum absolute atomic E-state index is 0.468. The van der Waals surface area contributed by atoms with Gasteiger partial charge in [-0.3, -0.25) is 4.79 Å². The molecule has 0 radical (unpaired) electrons. The number of anilines is 2. The highest BCUT2D eigenvalue weighted by atomic mass is 16.5. The average molecular weight is 312 g/mol. The zero-order chi connectivity index (χ0) is 16.1. The summed E-state index contributed by atoms with van der Waals surface area (Å²) in [5, 5.41) is 3.35. The van der Waals surface area contributed by atoms with Crippen LogP contribution in [0, 0.1) is 0 Å². The van der Waals surface area contributed by atoms with Gasteiger partial charge in [-0.2, -0.15) is 0 Å². The van der Waals surface area contributed by atoms with Gasteiger partial charge in [0.25, 0.3) is 0 Å². The van der Waals surface area contributed by atoms with Crippen LogP contribution in [-0.4, -0.2) is 32.7 Å². The predicted octanol–water partition coefficient (Wildman–Crippen LogP) is 2.67. The van der Waals surface area contributed by atoms with Crippen LogP contribution in [0.4, 0.5) is 11.4 Å². The Morgan fingerprint density at radius 1 is 1.26 bits per heavy atom. The number of methoxy groups -OCH3 is 1. The third-order valence-electron chi connectivity index (χ3n) is 3.91. The molecule has 23 heavy (non-hydrogen) atoms. The first-order chi connectivity index (χ1) is 11.3. The molecule has 0 fully saturated rings. The number of rotatable bonds is 6. The number of fused-ring (bicyclic) bond motifs is 1. The fraction of sp³-hybridized carbons (Fsp3) is 0.278. The quantitative estimate of drug-likeness (QED) is 0.831. The third-order valence-corrected chi connectivity index (χ3v) is 3.91. The highest BCUT2D eigenvalue weighted by molar-refractivity contribution is 5.67. The summed E-state index contributed by atoms with van der Waals surface area (Å²) < 4.78 is 10.9. The highest BCUT2D eigenvalue weighted by Gasteiger charge is 2.25. The lowest BCUT2D eigenvalue weighted by Gasteiger charge is -2.36. The van der Waals surface area contributed by atoms with Gasteiger partial charge in [0.2, 0.25) is 0 Å². The molecule has 5 heteroatoms. The molecule has 1 aliphatic heterocycles. The summed E-state index contributed by atoms with van der Waals surface area (Å²) in [4.78, 5) is 13.3. The van der Waals surface area contributed by atoms with Gasteiger partial charge >= 0.3 is 0 Å². The van der Waals surface area contributed by atoms with Crippen molar-refractivity contribution >= 4 is 17.7 Å². The second-order valence-electron chi connectivity index (χ2n) is 5.29. The molecule has 2 aromatic rings. The van der Waals surface area contributed by atoms with Crippen molar-refractivity contribution in [1.29, 1.82) is 0 Å². The van der Waals surface area contributed by atoms with E-state index in [1.807, 2.05) is 53.4 Å². The number of carbonyl (C=O) groups excluding carboxylic acids is 1. The maximum Gasteiger partial charge on any atom is 0.187 e. The molecule has 0 saturated carbocycles. The van der Waals surface area contributed by atoms with Crippen molar-refractivity contribution in [2.75, 3.05) is 30.4 Å². The monoisotopic (exact) mass is 312 g/mol. The van der Waals surface area contributed by atoms with Gasteiger partial charge in [0.05, 0.1) is 19.4 Å². The van der Waals surface area contributed by atoms with E-state index in [4.69, 9.17) is 9.47 Å². The molecule has 1 heterocycles. The first-order valence-corrected chi connectivity index (χ1v) is 7.62. The second kappa shape index (κ2) is 7.15. The molecule has 2 aromatic carbocycles. The number of carbonyl (C=O) groups is 1. The summed E-state index contributed by atoms with van der Waals surface area (Å²) >= 11 is 0. The van der Waals surface area contributed by atoms with E-state index in [1.165, 1.54) is 0 Å². The largest absolute Gasteiger partial charge is 0.495 e. The Morgan fingerprint density at radius 2 is 2.04 bits per heavy atom. The van der Waals surface area contributed by atoms with Crippen LogP contribution in [0.15, 0.2) is 48.5 Å². The third kappa shape index (κ3) is 3.29. The van der Waals surface area contributed by atoms with Crippen LogP contribution in [0.25, 0.3) is 0 Å². The van der Waals surface area contributed by atoms with E-state index in [9.17, 15) is 4.79 Å². The zero-order valence-electron chi connectivity index (χ0n) is 13.1. The van der Waals surface area contributed by atoms with E-state index < -0.39 is 6.23 Å². The Labute approximate surface area is 135 Å². The number of aldehydes is 1. The SMILES string of the molecule is COc1ccccc1NCCN1c2ccccc2COC1C=O. The minimum Gasteiger partial charge on any atom is -0.495 e. The lowest BCUT2D eigenvalue weighted by molar-refractivity contribution is -0.119. The first-order valence-electron chi connectivity index (χ1n) is 7.62. The maximum atomic E-state index is 11.3. The number of benzene rings is 2. The number of hydrogen-bond donors (Lipinski definition) is 1. The van der Waals surface area contributed by atoms with Gasteiger partial charge in [-0.15, -0.1) is 0 Å². The van der Waals surface area contributed by atoms with Crippen LogP contribution in [0.5, 0.6) is 5.75 Å². The maximum absolute atomic E-state index is 11.3. The van der Waals surface area contributed by atoms with Crippen molar-refractivity contribution in [3.63, 3.8) is 0 Å². The molecule has 0 aromatic heterocycles. The molecular formula is C18H20N2O3. The molecule has 0 aliphatic carbocycles. The lowest BCUT2D eigenvalue weighted by Crippen LogP contribution is -2.44.